The normalized spacial score (nSPS) is 22.8. The molecule has 1 aliphatic heterocycles. The van der Waals surface area contributed by atoms with Gasteiger partial charge in [0.15, 0.2) is 11.8 Å². The zero-order valence-corrected chi connectivity index (χ0v) is 17.5. The molecule has 4 atom stereocenters. The third-order valence-corrected chi connectivity index (χ3v) is 5.85. The lowest BCUT2D eigenvalue weighted by Crippen LogP contribution is -2.46. The molecular formula is C23H23N5O5. The topological polar surface area (TPSA) is 154 Å². The molecule has 0 radical (unpaired) electrons. The van der Waals surface area contributed by atoms with E-state index in [0.717, 1.165) is 16.7 Å². The number of aromatic nitrogens is 4. The number of aliphatic hydroxyl groups is 3. The highest BCUT2D eigenvalue weighted by atomic mass is 16.6. The number of nitrogens with zero attached hydrogens (tertiary/aromatic N) is 4. The number of hydrogen-bond acceptors (Lipinski definition) is 8. The highest BCUT2D eigenvalue weighted by Gasteiger charge is 2.46. The second-order valence-electron chi connectivity index (χ2n) is 8.00. The number of hydrogen-bond donors (Lipinski definition) is 4. The van der Waals surface area contributed by atoms with Crippen LogP contribution in [0.5, 0.6) is 5.88 Å². The molecular weight excluding hydrogens is 426 g/mol. The lowest BCUT2D eigenvalue weighted by molar-refractivity contribution is -0.746. The highest BCUT2D eigenvalue weighted by molar-refractivity contribution is 5.74. The van der Waals surface area contributed by atoms with Gasteiger partial charge in [-0.25, -0.2) is 9.55 Å². The number of benzene rings is 2. The van der Waals surface area contributed by atoms with E-state index in [1.54, 1.807) is 10.9 Å². The number of rotatable bonds is 5. The minimum Gasteiger partial charge on any atom is -0.856 e. The second kappa shape index (κ2) is 8.41. The van der Waals surface area contributed by atoms with Gasteiger partial charge < -0.3 is 30.9 Å². The van der Waals surface area contributed by atoms with Crippen molar-refractivity contribution in [2.75, 3.05) is 12.3 Å². The van der Waals surface area contributed by atoms with Gasteiger partial charge in [-0.1, -0.05) is 59.6 Å². The summed E-state index contributed by atoms with van der Waals surface area (Å²) >= 11 is 0. The molecule has 0 aliphatic carbocycles. The van der Waals surface area contributed by atoms with E-state index in [9.17, 15) is 20.4 Å². The van der Waals surface area contributed by atoms with Crippen LogP contribution in [0.4, 0.5) is 5.95 Å². The van der Waals surface area contributed by atoms with Gasteiger partial charge in [-0.05, 0) is 16.7 Å². The van der Waals surface area contributed by atoms with Gasteiger partial charge in [-0.3, -0.25) is 4.57 Å². The molecule has 33 heavy (non-hydrogen) atoms. The van der Waals surface area contributed by atoms with Crippen LogP contribution in [0.1, 0.15) is 11.8 Å². The maximum absolute atomic E-state index is 12.7. The van der Waals surface area contributed by atoms with Crippen LogP contribution in [0, 0.1) is 0 Å². The van der Waals surface area contributed by atoms with Gasteiger partial charge in [-0.2, -0.15) is 0 Å². The number of anilines is 1. The smallest absolute Gasteiger partial charge is 0.309 e. The van der Waals surface area contributed by atoms with Crippen LogP contribution in [0.2, 0.25) is 0 Å². The molecule has 1 fully saturated rings. The lowest BCUT2D eigenvalue weighted by atomic mass is 10.0. The standard InChI is InChI=1S/C23H23N5O5/c24-23-25-20-17(21(32)26-23)27(12-28(20)22-19(31)18(30)16(11-29)33-22)10-13-6-8-15(9-7-13)14-4-2-1-3-5-14/h1-9,12,16,18-19,22,29-31H,10-11H2,(H2-,24,25,26,32)/t16-,18-,19-,22-/m1/s1. The predicted octanol–water partition coefficient (Wildman–Crippen LogP) is -0.299. The van der Waals surface area contributed by atoms with Gasteiger partial charge in [0.05, 0.1) is 13.2 Å². The molecule has 0 spiro atoms. The quantitative estimate of drug-likeness (QED) is 0.303. The number of ether oxygens (including phenoxy) is 1. The highest BCUT2D eigenvalue weighted by Crippen LogP contribution is 2.29. The summed E-state index contributed by atoms with van der Waals surface area (Å²) in [6.45, 7) is -0.137. The van der Waals surface area contributed by atoms with E-state index in [1.807, 2.05) is 54.6 Å². The summed E-state index contributed by atoms with van der Waals surface area (Å²) in [5, 5.41) is 42.7. The summed E-state index contributed by atoms with van der Waals surface area (Å²) in [6, 6.07) is 17.9. The monoisotopic (exact) mass is 449 g/mol. The van der Waals surface area contributed by atoms with Crippen molar-refractivity contribution in [1.29, 1.82) is 0 Å². The lowest BCUT2D eigenvalue weighted by Gasteiger charge is -2.12. The molecule has 1 aliphatic rings. The molecule has 0 unspecified atom stereocenters. The van der Waals surface area contributed by atoms with E-state index in [1.165, 1.54) is 4.57 Å². The van der Waals surface area contributed by atoms with Gasteiger partial charge in [-0.15, -0.1) is 0 Å². The van der Waals surface area contributed by atoms with Gasteiger partial charge in [0.2, 0.25) is 6.23 Å². The van der Waals surface area contributed by atoms with Crippen LogP contribution >= 0.6 is 0 Å². The third kappa shape index (κ3) is 3.79. The SMILES string of the molecule is Nc1nc([O-])c2c(n1)[n+]([C@@H]1O[C@H](CO)[C@@H](O)[C@H]1O)cn2Cc1ccc(-c2ccccc2)cc1. The van der Waals surface area contributed by atoms with E-state index in [2.05, 4.69) is 9.97 Å². The molecule has 5 rings (SSSR count). The Morgan fingerprint density at radius 3 is 2.36 bits per heavy atom. The fourth-order valence-corrected chi connectivity index (χ4v) is 4.18. The summed E-state index contributed by atoms with van der Waals surface area (Å²) in [7, 11) is 0. The summed E-state index contributed by atoms with van der Waals surface area (Å²) in [6.07, 6.45) is -3.07. The molecule has 10 heteroatoms. The van der Waals surface area contributed by atoms with Crippen molar-refractivity contribution in [3.63, 3.8) is 0 Å². The van der Waals surface area contributed by atoms with Gasteiger partial charge in [0.1, 0.15) is 18.3 Å². The van der Waals surface area contributed by atoms with Crippen molar-refractivity contribution < 1.29 is 29.7 Å². The summed E-state index contributed by atoms with van der Waals surface area (Å²) < 4.78 is 8.73. The van der Waals surface area contributed by atoms with Crippen molar-refractivity contribution in [3.8, 4) is 17.0 Å². The van der Waals surface area contributed by atoms with E-state index < -0.39 is 37.0 Å². The first-order valence-electron chi connectivity index (χ1n) is 10.5. The number of aliphatic hydroxyl groups excluding tert-OH is 3. The van der Waals surface area contributed by atoms with Gasteiger partial charge >= 0.3 is 5.65 Å². The number of nitrogens with two attached hydrogens (primary N) is 1. The molecule has 10 nitrogen and oxygen atoms in total. The Kier molecular flexibility index (Phi) is 5.43. The average molecular weight is 449 g/mol. The van der Waals surface area contributed by atoms with Gasteiger partial charge in [0.25, 0.3) is 5.95 Å². The molecule has 0 bridgehead atoms. The Balaban J connectivity index is 1.53. The predicted molar refractivity (Wildman–Crippen MR) is 116 cm³/mol. The third-order valence-electron chi connectivity index (χ3n) is 5.85. The molecule has 170 valence electrons. The van der Waals surface area contributed by atoms with Crippen LogP contribution < -0.4 is 15.4 Å². The maximum atomic E-state index is 12.7. The Hall–Kier alpha value is -3.57. The Labute approximate surface area is 188 Å². The average Bonchev–Trinajstić information content (AvgIpc) is 3.31. The largest absolute Gasteiger partial charge is 0.856 e. The number of fused-ring (bicyclic) bond motifs is 1. The summed E-state index contributed by atoms with van der Waals surface area (Å²) in [5.41, 5.74) is 9.16. The van der Waals surface area contributed by atoms with Crippen molar-refractivity contribution in [3.05, 3.63) is 66.5 Å². The van der Waals surface area contributed by atoms with Gasteiger partial charge in [0, 0.05) is 5.88 Å². The molecule has 1 saturated heterocycles. The van der Waals surface area contributed by atoms with Crippen molar-refractivity contribution in [1.82, 2.24) is 14.5 Å². The van der Waals surface area contributed by atoms with Crippen molar-refractivity contribution in [2.24, 2.45) is 0 Å². The Morgan fingerprint density at radius 1 is 1.00 bits per heavy atom. The first-order chi connectivity index (χ1) is 16.0. The van der Waals surface area contributed by atoms with Crippen molar-refractivity contribution in [2.45, 2.75) is 31.1 Å². The fourth-order valence-electron chi connectivity index (χ4n) is 4.18. The molecule has 2 aromatic carbocycles. The van der Waals surface area contributed by atoms with Crippen LogP contribution in [-0.4, -0.2) is 54.8 Å². The minimum atomic E-state index is -1.33. The van der Waals surface area contributed by atoms with Crippen LogP contribution in [0.15, 0.2) is 60.9 Å². The van der Waals surface area contributed by atoms with E-state index >= 15 is 0 Å². The first kappa shape index (κ1) is 21.3. The maximum Gasteiger partial charge on any atom is 0.309 e. The van der Waals surface area contributed by atoms with Crippen LogP contribution in [0.25, 0.3) is 22.3 Å². The molecule has 5 N–H and O–H groups in total. The Morgan fingerprint density at radius 2 is 1.70 bits per heavy atom. The number of nitrogen functional groups attached to an aromatic ring is 1. The van der Waals surface area contributed by atoms with E-state index in [4.69, 9.17) is 10.5 Å². The van der Waals surface area contributed by atoms with Crippen molar-refractivity contribution >= 4 is 17.1 Å². The molecule has 0 saturated carbocycles. The molecule has 0 amide bonds. The molecule has 2 aromatic heterocycles. The van der Waals surface area contributed by atoms with E-state index in [0.29, 0.717) is 6.54 Å². The first-order valence-corrected chi connectivity index (χ1v) is 10.5. The van der Waals surface area contributed by atoms with E-state index in [-0.39, 0.29) is 17.1 Å². The summed E-state index contributed by atoms with van der Waals surface area (Å²) in [5.74, 6) is -0.776. The number of imidazole rings is 1. The minimum absolute atomic E-state index is 0.170. The Bertz CT molecular complexity index is 1280. The van der Waals surface area contributed by atoms with Crippen LogP contribution in [0.3, 0.4) is 0 Å². The fraction of sp³-hybridized carbons (Fsp3) is 0.261. The molecule has 3 heterocycles. The zero-order valence-electron chi connectivity index (χ0n) is 17.5. The summed E-state index contributed by atoms with van der Waals surface area (Å²) in [4.78, 5) is 7.93. The second-order valence-corrected chi connectivity index (χ2v) is 8.00. The van der Waals surface area contributed by atoms with Crippen LogP contribution in [-0.2, 0) is 11.3 Å². The zero-order chi connectivity index (χ0) is 23.1. The molecule has 4 aromatic rings.